The number of amides is 1. The van der Waals surface area contributed by atoms with E-state index in [1.807, 2.05) is 24.3 Å². The standard InChI is InChI=1S/C30H35N5O5Si/c1-30(2,3)41(6,7)40-17-20(34-29(36)37)9-8-18-10-19(15-32-14-18)24-11-21-22-12-26(38-4)27(39-5)13-25(22)33-16-23(21)28(31)35-24/h10-16,20,34H,17H2,1-7H3,(H2,31,35)(H,36,37)/t20-/m1/s1. The van der Waals surface area contributed by atoms with E-state index >= 15 is 0 Å². The summed E-state index contributed by atoms with van der Waals surface area (Å²) in [5.74, 6) is 7.52. The molecule has 11 heteroatoms. The average molecular weight is 574 g/mol. The van der Waals surface area contributed by atoms with Crippen molar-refractivity contribution < 1.29 is 23.8 Å². The third-order valence-electron chi connectivity index (χ3n) is 7.35. The number of methoxy groups -OCH3 is 2. The zero-order valence-corrected chi connectivity index (χ0v) is 25.3. The molecule has 0 aliphatic carbocycles. The number of carbonyl (C=O) groups is 1. The van der Waals surface area contributed by atoms with Gasteiger partial charge in [-0.05, 0) is 41.7 Å². The van der Waals surface area contributed by atoms with Gasteiger partial charge in [0.2, 0.25) is 0 Å². The molecule has 0 spiro atoms. The smallest absolute Gasteiger partial charge is 0.405 e. The first-order valence-electron chi connectivity index (χ1n) is 13.0. The average Bonchev–Trinajstić information content (AvgIpc) is 2.92. The molecule has 1 aromatic carbocycles. The SMILES string of the molecule is COc1cc2ncc3c(N)nc(-c4cncc(C#C[C@H](CO[Si](C)(C)C(C)(C)C)NC(=O)O)c4)cc3c2cc1OC. The van der Waals surface area contributed by atoms with Crippen molar-refractivity contribution in [3.63, 3.8) is 0 Å². The number of hydrogen-bond acceptors (Lipinski definition) is 8. The predicted octanol–water partition coefficient (Wildman–Crippen LogP) is 5.45. The van der Waals surface area contributed by atoms with Crippen molar-refractivity contribution in [2.24, 2.45) is 0 Å². The Bertz CT molecular complexity index is 1670. The van der Waals surface area contributed by atoms with Gasteiger partial charge in [-0.2, -0.15) is 0 Å². The third-order valence-corrected chi connectivity index (χ3v) is 11.9. The van der Waals surface area contributed by atoms with Crippen molar-refractivity contribution in [1.29, 1.82) is 0 Å². The van der Waals surface area contributed by atoms with Crippen LogP contribution in [-0.2, 0) is 4.43 Å². The number of rotatable bonds is 7. The minimum absolute atomic E-state index is 0.0141. The molecular formula is C30H35N5O5Si. The number of carboxylic acid groups (broad SMARTS) is 1. The molecule has 0 aliphatic heterocycles. The van der Waals surface area contributed by atoms with E-state index in [0.29, 0.717) is 39.5 Å². The number of aromatic nitrogens is 3. The third kappa shape index (κ3) is 6.50. The molecule has 214 valence electrons. The van der Waals surface area contributed by atoms with Gasteiger partial charge in [0.25, 0.3) is 0 Å². The van der Waals surface area contributed by atoms with Gasteiger partial charge in [-0.3, -0.25) is 9.97 Å². The molecule has 10 nitrogen and oxygen atoms in total. The van der Waals surface area contributed by atoms with Crippen molar-refractivity contribution in [2.75, 3.05) is 26.6 Å². The lowest BCUT2D eigenvalue weighted by Gasteiger charge is -2.36. The Morgan fingerprint density at radius 3 is 2.41 bits per heavy atom. The molecule has 0 fully saturated rings. The molecule has 0 saturated carbocycles. The predicted molar refractivity (Wildman–Crippen MR) is 163 cm³/mol. The van der Waals surface area contributed by atoms with Crippen LogP contribution in [0.15, 0.2) is 42.9 Å². The highest BCUT2D eigenvalue weighted by Gasteiger charge is 2.37. The Balaban J connectivity index is 1.70. The summed E-state index contributed by atoms with van der Waals surface area (Å²) in [4.78, 5) is 24.9. The van der Waals surface area contributed by atoms with E-state index in [-0.39, 0.29) is 11.6 Å². The molecule has 0 radical (unpaired) electrons. The summed E-state index contributed by atoms with van der Waals surface area (Å²) < 4.78 is 17.1. The minimum Gasteiger partial charge on any atom is -0.493 e. The van der Waals surface area contributed by atoms with Crippen LogP contribution in [0.1, 0.15) is 26.3 Å². The van der Waals surface area contributed by atoms with Gasteiger partial charge in [0.15, 0.2) is 19.8 Å². The molecule has 0 aliphatic rings. The van der Waals surface area contributed by atoms with E-state index in [1.54, 1.807) is 32.8 Å². The molecule has 4 rings (SSSR count). The van der Waals surface area contributed by atoms with Crippen LogP contribution in [-0.4, -0.2) is 61.3 Å². The highest BCUT2D eigenvalue weighted by Crippen LogP contribution is 2.38. The Labute approximate surface area is 240 Å². The second kappa shape index (κ2) is 11.6. The first-order valence-corrected chi connectivity index (χ1v) is 15.9. The fourth-order valence-corrected chi connectivity index (χ4v) is 5.02. The van der Waals surface area contributed by atoms with Gasteiger partial charge in [0, 0.05) is 46.6 Å². The molecule has 1 amide bonds. The molecular weight excluding hydrogens is 538 g/mol. The maximum Gasteiger partial charge on any atom is 0.405 e. The summed E-state index contributed by atoms with van der Waals surface area (Å²) in [6, 6.07) is 6.75. The van der Waals surface area contributed by atoms with Crippen molar-refractivity contribution in [3.05, 3.63) is 48.4 Å². The number of ether oxygens (including phenoxy) is 2. The molecule has 3 aromatic heterocycles. The van der Waals surface area contributed by atoms with Crippen molar-refractivity contribution in [1.82, 2.24) is 20.3 Å². The van der Waals surface area contributed by atoms with Crippen LogP contribution < -0.4 is 20.5 Å². The fraction of sp³-hybridized carbons (Fsp3) is 0.333. The van der Waals surface area contributed by atoms with Crippen LogP contribution in [0, 0.1) is 11.8 Å². The second-order valence-electron chi connectivity index (χ2n) is 11.1. The summed E-state index contributed by atoms with van der Waals surface area (Å²) >= 11 is 0. The van der Waals surface area contributed by atoms with Crippen LogP contribution >= 0.6 is 0 Å². The van der Waals surface area contributed by atoms with E-state index in [1.165, 1.54) is 0 Å². The first kappa shape index (κ1) is 29.6. The molecule has 1 atom stereocenters. The Morgan fingerprint density at radius 2 is 1.76 bits per heavy atom. The number of fused-ring (bicyclic) bond motifs is 3. The van der Waals surface area contributed by atoms with Crippen LogP contribution in [0.25, 0.3) is 32.9 Å². The van der Waals surface area contributed by atoms with Crippen LogP contribution in [0.4, 0.5) is 10.6 Å². The summed E-state index contributed by atoms with van der Waals surface area (Å²) in [5, 5.41) is 14.2. The molecule has 4 aromatic rings. The quantitative estimate of drug-likeness (QED) is 0.149. The number of nitrogens with one attached hydrogen (secondary N) is 1. The van der Waals surface area contributed by atoms with Gasteiger partial charge in [-0.15, -0.1) is 0 Å². The van der Waals surface area contributed by atoms with E-state index in [0.717, 1.165) is 16.3 Å². The van der Waals surface area contributed by atoms with E-state index in [4.69, 9.17) is 19.6 Å². The Hall–Kier alpha value is -4.40. The van der Waals surface area contributed by atoms with E-state index in [2.05, 4.69) is 66.0 Å². The van der Waals surface area contributed by atoms with Crippen molar-refractivity contribution in [2.45, 2.75) is 44.9 Å². The van der Waals surface area contributed by atoms with Gasteiger partial charge < -0.3 is 30.1 Å². The van der Waals surface area contributed by atoms with Crippen LogP contribution in [0.5, 0.6) is 11.5 Å². The number of hydrogen-bond donors (Lipinski definition) is 3. The summed E-state index contributed by atoms with van der Waals surface area (Å²) in [5.41, 5.74) is 8.99. The maximum absolute atomic E-state index is 11.4. The maximum atomic E-state index is 11.4. The molecule has 0 unspecified atom stereocenters. The van der Waals surface area contributed by atoms with Gasteiger partial charge in [0.1, 0.15) is 11.9 Å². The molecule has 4 N–H and O–H groups in total. The summed E-state index contributed by atoms with van der Waals surface area (Å²) in [6.07, 6.45) is 3.82. The number of nitrogens with two attached hydrogens (primary N) is 1. The highest BCUT2D eigenvalue weighted by atomic mass is 28.4. The van der Waals surface area contributed by atoms with E-state index in [9.17, 15) is 9.90 Å². The molecule has 41 heavy (non-hydrogen) atoms. The topological polar surface area (TPSA) is 142 Å². The molecule has 0 saturated heterocycles. The van der Waals surface area contributed by atoms with Gasteiger partial charge in [-0.25, -0.2) is 9.78 Å². The van der Waals surface area contributed by atoms with Crippen molar-refractivity contribution in [3.8, 4) is 34.6 Å². The normalized spacial score (nSPS) is 12.5. The number of benzene rings is 1. The zero-order chi connectivity index (χ0) is 29.9. The van der Waals surface area contributed by atoms with Crippen LogP contribution in [0.2, 0.25) is 18.1 Å². The lowest BCUT2D eigenvalue weighted by atomic mass is 10.0. The first-order chi connectivity index (χ1) is 19.3. The lowest BCUT2D eigenvalue weighted by Crippen LogP contribution is -2.45. The Kier molecular flexibility index (Phi) is 8.37. The van der Waals surface area contributed by atoms with Gasteiger partial charge in [0.05, 0.1) is 32.0 Å². The number of pyridine rings is 3. The minimum atomic E-state index is -2.09. The number of anilines is 1. The number of nitrogens with zero attached hydrogens (tertiary/aromatic N) is 3. The lowest BCUT2D eigenvalue weighted by molar-refractivity contribution is 0.185. The monoisotopic (exact) mass is 573 g/mol. The molecule has 0 bridgehead atoms. The van der Waals surface area contributed by atoms with Crippen molar-refractivity contribution >= 4 is 41.9 Å². The largest absolute Gasteiger partial charge is 0.493 e. The van der Waals surface area contributed by atoms with Gasteiger partial charge >= 0.3 is 6.09 Å². The van der Waals surface area contributed by atoms with Gasteiger partial charge in [-0.1, -0.05) is 32.6 Å². The Morgan fingerprint density at radius 1 is 1.05 bits per heavy atom. The number of nitrogen functional groups attached to an aromatic ring is 1. The van der Waals surface area contributed by atoms with Crippen LogP contribution in [0.3, 0.4) is 0 Å². The molecule has 3 heterocycles. The summed E-state index contributed by atoms with van der Waals surface area (Å²) in [7, 11) is 1.07. The zero-order valence-electron chi connectivity index (χ0n) is 24.3. The highest BCUT2D eigenvalue weighted by molar-refractivity contribution is 6.74. The summed E-state index contributed by atoms with van der Waals surface area (Å²) in [6.45, 7) is 10.8. The fourth-order valence-electron chi connectivity index (χ4n) is 4.00. The van der Waals surface area contributed by atoms with E-state index < -0.39 is 20.5 Å². The second-order valence-corrected chi connectivity index (χ2v) is 16.0.